The molecule has 0 aliphatic rings. The smallest absolute Gasteiger partial charge is 0.0409 e. The van der Waals surface area contributed by atoms with Gasteiger partial charge in [0.2, 0.25) is 0 Å². The van der Waals surface area contributed by atoms with Crippen LogP contribution in [0.1, 0.15) is 48.6 Å². The lowest BCUT2D eigenvalue weighted by Crippen LogP contribution is -1.96. The van der Waals surface area contributed by atoms with E-state index in [-0.39, 0.29) is 0 Å². The van der Waals surface area contributed by atoms with Crippen molar-refractivity contribution in [3.05, 3.63) is 52.5 Å². The van der Waals surface area contributed by atoms with E-state index in [1.165, 1.54) is 16.0 Å². The summed E-state index contributed by atoms with van der Waals surface area (Å²) in [6.45, 7) is 6.73. The van der Waals surface area contributed by atoms with Crippen molar-refractivity contribution in [1.82, 2.24) is 4.37 Å². The van der Waals surface area contributed by atoms with Gasteiger partial charge >= 0.3 is 0 Å². The number of hydrogen-bond acceptors (Lipinski definition) is 2. The molecule has 1 aromatic heterocycles. The van der Waals surface area contributed by atoms with Crippen LogP contribution in [0.2, 0.25) is 0 Å². The third-order valence-electron chi connectivity index (χ3n) is 3.13. The first-order chi connectivity index (χ1) is 8.16. The Morgan fingerprint density at radius 3 is 2.29 bits per heavy atom. The largest absolute Gasteiger partial charge is 0.201 e. The SMILES string of the molecule is CC(C)c1ccc(CC(C)c2ccns2)cc1. The van der Waals surface area contributed by atoms with Gasteiger partial charge in [-0.3, -0.25) is 0 Å². The van der Waals surface area contributed by atoms with Crippen molar-refractivity contribution < 1.29 is 0 Å². The summed E-state index contributed by atoms with van der Waals surface area (Å²) in [6.07, 6.45) is 2.99. The normalized spacial score (nSPS) is 12.9. The molecule has 2 rings (SSSR count). The van der Waals surface area contributed by atoms with E-state index in [2.05, 4.69) is 55.5 Å². The molecule has 0 amide bonds. The lowest BCUT2D eigenvalue weighted by Gasteiger charge is -2.10. The molecule has 2 heteroatoms. The highest BCUT2D eigenvalue weighted by Gasteiger charge is 2.08. The maximum atomic E-state index is 4.16. The predicted octanol–water partition coefficient (Wildman–Crippen LogP) is 4.61. The van der Waals surface area contributed by atoms with E-state index >= 15 is 0 Å². The van der Waals surface area contributed by atoms with Crippen molar-refractivity contribution in [2.75, 3.05) is 0 Å². The van der Waals surface area contributed by atoms with Gasteiger partial charge in [0.15, 0.2) is 0 Å². The van der Waals surface area contributed by atoms with Crippen LogP contribution < -0.4 is 0 Å². The number of hydrogen-bond donors (Lipinski definition) is 0. The van der Waals surface area contributed by atoms with Crippen LogP contribution in [0, 0.1) is 0 Å². The first-order valence-electron chi connectivity index (χ1n) is 6.16. The topological polar surface area (TPSA) is 12.9 Å². The summed E-state index contributed by atoms with van der Waals surface area (Å²) in [5.74, 6) is 1.18. The molecule has 0 saturated carbocycles. The van der Waals surface area contributed by atoms with E-state index in [1.54, 1.807) is 11.5 Å². The van der Waals surface area contributed by atoms with Crippen LogP contribution in [0.15, 0.2) is 36.5 Å². The van der Waals surface area contributed by atoms with Gasteiger partial charge in [-0.15, -0.1) is 0 Å². The highest BCUT2D eigenvalue weighted by atomic mass is 32.1. The minimum Gasteiger partial charge on any atom is -0.201 e. The fraction of sp³-hybridized carbons (Fsp3) is 0.400. The number of aromatic nitrogens is 1. The van der Waals surface area contributed by atoms with E-state index < -0.39 is 0 Å². The Hall–Kier alpha value is -1.15. The van der Waals surface area contributed by atoms with Crippen LogP contribution in [-0.2, 0) is 6.42 Å². The molecular weight excluding hydrogens is 226 g/mol. The number of nitrogens with zero attached hydrogens (tertiary/aromatic N) is 1. The molecule has 17 heavy (non-hydrogen) atoms. The molecule has 0 bridgehead atoms. The number of rotatable bonds is 4. The van der Waals surface area contributed by atoms with Gasteiger partial charge in [0.05, 0.1) is 0 Å². The maximum Gasteiger partial charge on any atom is 0.0409 e. The molecule has 0 saturated heterocycles. The van der Waals surface area contributed by atoms with Crippen molar-refractivity contribution >= 4 is 11.5 Å². The van der Waals surface area contributed by atoms with Gasteiger partial charge in [0.1, 0.15) is 0 Å². The van der Waals surface area contributed by atoms with Gasteiger partial charge in [0.25, 0.3) is 0 Å². The molecule has 1 atom stereocenters. The summed E-state index contributed by atoms with van der Waals surface area (Å²) in [6, 6.07) is 11.1. The first-order valence-corrected chi connectivity index (χ1v) is 6.93. The summed E-state index contributed by atoms with van der Waals surface area (Å²) in [5, 5.41) is 0. The summed E-state index contributed by atoms with van der Waals surface area (Å²) in [4.78, 5) is 1.37. The van der Waals surface area contributed by atoms with Gasteiger partial charge in [-0.1, -0.05) is 45.0 Å². The minimum absolute atomic E-state index is 0.562. The van der Waals surface area contributed by atoms with Crippen molar-refractivity contribution in [1.29, 1.82) is 0 Å². The second-order valence-corrected chi connectivity index (χ2v) is 5.78. The van der Waals surface area contributed by atoms with Crippen molar-refractivity contribution in [2.24, 2.45) is 0 Å². The molecule has 90 valence electrons. The molecule has 2 aromatic rings. The average Bonchev–Trinajstić information content (AvgIpc) is 2.83. The second-order valence-electron chi connectivity index (χ2n) is 4.92. The molecule has 1 aromatic carbocycles. The zero-order valence-corrected chi connectivity index (χ0v) is 11.5. The van der Waals surface area contributed by atoms with Crippen LogP contribution in [0.5, 0.6) is 0 Å². The molecule has 0 N–H and O–H groups in total. The van der Waals surface area contributed by atoms with Gasteiger partial charge in [-0.2, -0.15) is 0 Å². The van der Waals surface area contributed by atoms with E-state index in [0.29, 0.717) is 11.8 Å². The third kappa shape index (κ3) is 3.16. The minimum atomic E-state index is 0.562. The molecule has 0 aliphatic heterocycles. The fourth-order valence-electron chi connectivity index (χ4n) is 1.97. The summed E-state index contributed by atoms with van der Waals surface area (Å²) in [5.41, 5.74) is 2.83. The summed E-state index contributed by atoms with van der Waals surface area (Å²) < 4.78 is 4.16. The highest BCUT2D eigenvalue weighted by Crippen LogP contribution is 2.24. The number of benzene rings is 1. The predicted molar refractivity (Wildman–Crippen MR) is 74.8 cm³/mol. The van der Waals surface area contributed by atoms with Crippen LogP contribution in [0.3, 0.4) is 0 Å². The quantitative estimate of drug-likeness (QED) is 0.766. The monoisotopic (exact) mass is 245 g/mol. The Balaban J connectivity index is 2.04. The zero-order chi connectivity index (χ0) is 12.3. The highest BCUT2D eigenvalue weighted by molar-refractivity contribution is 7.05. The molecule has 0 spiro atoms. The van der Waals surface area contributed by atoms with Gasteiger partial charge < -0.3 is 0 Å². The summed E-state index contributed by atoms with van der Waals surface area (Å²) in [7, 11) is 0. The van der Waals surface area contributed by atoms with E-state index in [9.17, 15) is 0 Å². The van der Waals surface area contributed by atoms with Crippen molar-refractivity contribution in [3.8, 4) is 0 Å². The van der Waals surface area contributed by atoms with E-state index in [4.69, 9.17) is 0 Å². The Morgan fingerprint density at radius 2 is 1.76 bits per heavy atom. The van der Waals surface area contributed by atoms with Crippen LogP contribution >= 0.6 is 11.5 Å². The molecular formula is C15H19NS. The lowest BCUT2D eigenvalue weighted by atomic mass is 9.96. The Labute approximate surface area is 108 Å². The molecule has 1 nitrogen and oxygen atoms in total. The van der Waals surface area contributed by atoms with E-state index in [1.807, 2.05) is 6.20 Å². The standard InChI is InChI=1S/C15H19NS/c1-11(2)14-6-4-13(5-7-14)10-12(3)15-8-9-16-17-15/h4-9,11-12H,10H2,1-3H3. The Bertz CT molecular complexity index is 442. The maximum absolute atomic E-state index is 4.16. The lowest BCUT2D eigenvalue weighted by molar-refractivity contribution is 0.773. The van der Waals surface area contributed by atoms with Crippen LogP contribution in [0.4, 0.5) is 0 Å². The average molecular weight is 245 g/mol. The molecule has 0 aliphatic carbocycles. The zero-order valence-electron chi connectivity index (χ0n) is 10.7. The summed E-state index contributed by atoms with van der Waals surface area (Å²) >= 11 is 1.61. The third-order valence-corrected chi connectivity index (χ3v) is 4.11. The molecule has 1 unspecified atom stereocenters. The van der Waals surface area contributed by atoms with Crippen molar-refractivity contribution in [2.45, 2.75) is 39.0 Å². The van der Waals surface area contributed by atoms with Crippen LogP contribution in [0.25, 0.3) is 0 Å². The van der Waals surface area contributed by atoms with Gasteiger partial charge in [0, 0.05) is 11.1 Å². The fourth-order valence-corrected chi connectivity index (χ4v) is 2.60. The molecule has 0 fully saturated rings. The van der Waals surface area contributed by atoms with Gasteiger partial charge in [-0.25, -0.2) is 4.37 Å². The van der Waals surface area contributed by atoms with Crippen molar-refractivity contribution in [3.63, 3.8) is 0 Å². The Morgan fingerprint density at radius 1 is 1.06 bits per heavy atom. The van der Waals surface area contributed by atoms with Gasteiger partial charge in [-0.05, 0) is 47.0 Å². The molecule has 0 radical (unpaired) electrons. The molecule has 1 heterocycles. The van der Waals surface area contributed by atoms with Crippen LogP contribution in [-0.4, -0.2) is 4.37 Å². The van der Waals surface area contributed by atoms with E-state index in [0.717, 1.165) is 6.42 Å². The second kappa shape index (κ2) is 5.46. The first kappa shape index (κ1) is 12.3. The Kier molecular flexibility index (Phi) is 3.95.